The third kappa shape index (κ3) is 5.59. The van der Waals surface area contributed by atoms with Gasteiger partial charge in [-0.3, -0.25) is 4.79 Å². The lowest BCUT2D eigenvalue weighted by molar-refractivity contribution is -0.115. The Morgan fingerprint density at radius 1 is 1.23 bits per heavy atom. The molecule has 0 aliphatic carbocycles. The highest BCUT2D eigenvalue weighted by Crippen LogP contribution is 2.26. The topological polar surface area (TPSA) is 104 Å². The van der Waals surface area contributed by atoms with Crippen LogP contribution in [0.15, 0.2) is 52.5 Å². The molecule has 0 fully saturated rings. The molecule has 3 aromatic rings. The number of fused-ring (bicyclic) bond motifs is 1. The van der Waals surface area contributed by atoms with Crippen LogP contribution in [0.5, 0.6) is 0 Å². The lowest BCUT2D eigenvalue weighted by Crippen LogP contribution is -2.24. The summed E-state index contributed by atoms with van der Waals surface area (Å²) in [5, 5.41) is 2.74. The second kappa shape index (κ2) is 9.59. The fourth-order valence-corrected chi connectivity index (χ4v) is 4.57. The molecule has 2 aromatic carbocycles. The molecule has 1 atom stereocenters. The molecule has 30 heavy (non-hydrogen) atoms. The van der Waals surface area contributed by atoms with E-state index < -0.39 is 15.3 Å². The largest absolute Gasteiger partial charge is 0.333 e. The van der Waals surface area contributed by atoms with E-state index in [2.05, 4.69) is 20.0 Å². The molecule has 0 aliphatic rings. The van der Waals surface area contributed by atoms with Crippen LogP contribution in [0.4, 0.5) is 10.1 Å². The summed E-state index contributed by atoms with van der Waals surface area (Å²) < 4.78 is 40.3. The number of thioether (sulfide) groups is 1. The summed E-state index contributed by atoms with van der Waals surface area (Å²) in [4.78, 5) is 20.0. The molecule has 3 rings (SSSR count). The first kappa shape index (κ1) is 22.3. The van der Waals surface area contributed by atoms with E-state index >= 15 is 0 Å². The van der Waals surface area contributed by atoms with Crippen LogP contribution < -0.4 is 10.0 Å². The Kier molecular flexibility index (Phi) is 7.11. The van der Waals surface area contributed by atoms with E-state index in [-0.39, 0.29) is 16.6 Å². The molecule has 7 nitrogen and oxygen atoms in total. The van der Waals surface area contributed by atoms with Crippen LogP contribution in [0.25, 0.3) is 11.0 Å². The number of nitrogens with zero attached hydrogens (tertiary/aromatic N) is 1. The Bertz CT molecular complexity index is 1130. The van der Waals surface area contributed by atoms with Crippen LogP contribution in [0.1, 0.15) is 26.7 Å². The summed E-state index contributed by atoms with van der Waals surface area (Å²) in [5.74, 6) is -0.630. The van der Waals surface area contributed by atoms with E-state index in [1.54, 1.807) is 13.0 Å². The SMILES string of the molecule is CCCCNS(=O)(=O)c1ccc2nc(S[C@H](C)C(=O)Nc3ccc(F)cc3)[nH]c2c1. The molecular weight excluding hydrogens is 427 g/mol. The van der Waals surface area contributed by atoms with Gasteiger partial charge in [-0.2, -0.15) is 0 Å². The molecule has 0 unspecified atom stereocenters. The highest BCUT2D eigenvalue weighted by atomic mass is 32.2. The number of unbranched alkanes of at least 4 members (excludes halogenated alkanes) is 1. The van der Waals surface area contributed by atoms with Crippen molar-refractivity contribution in [2.45, 2.75) is 42.0 Å². The zero-order valence-electron chi connectivity index (χ0n) is 16.6. The number of rotatable bonds is 9. The highest BCUT2D eigenvalue weighted by Gasteiger charge is 2.18. The number of halogens is 1. The number of amides is 1. The fourth-order valence-electron chi connectivity index (χ4n) is 2.65. The van der Waals surface area contributed by atoms with Gasteiger partial charge < -0.3 is 10.3 Å². The van der Waals surface area contributed by atoms with Gasteiger partial charge in [0.15, 0.2) is 5.16 Å². The van der Waals surface area contributed by atoms with Crippen molar-refractivity contribution in [3.05, 3.63) is 48.3 Å². The molecule has 1 amide bonds. The second-order valence-electron chi connectivity index (χ2n) is 6.73. The maximum absolute atomic E-state index is 13.0. The van der Waals surface area contributed by atoms with Gasteiger partial charge >= 0.3 is 0 Å². The van der Waals surface area contributed by atoms with Crippen LogP contribution in [0, 0.1) is 5.82 Å². The Hall–Kier alpha value is -2.43. The number of aromatic amines is 1. The van der Waals surface area contributed by atoms with Crippen LogP contribution in [0.2, 0.25) is 0 Å². The van der Waals surface area contributed by atoms with Gasteiger partial charge in [-0.05, 0) is 55.8 Å². The van der Waals surface area contributed by atoms with Crippen molar-refractivity contribution in [2.24, 2.45) is 0 Å². The quantitative estimate of drug-likeness (QED) is 0.339. The normalized spacial score (nSPS) is 12.8. The summed E-state index contributed by atoms with van der Waals surface area (Å²) in [6, 6.07) is 10.2. The van der Waals surface area contributed by atoms with Crippen molar-refractivity contribution in [1.82, 2.24) is 14.7 Å². The van der Waals surface area contributed by atoms with E-state index in [1.165, 1.54) is 48.2 Å². The number of nitrogens with one attached hydrogen (secondary N) is 3. The summed E-state index contributed by atoms with van der Waals surface area (Å²) in [7, 11) is -3.58. The smallest absolute Gasteiger partial charge is 0.240 e. The minimum Gasteiger partial charge on any atom is -0.333 e. The number of carbonyl (C=O) groups excluding carboxylic acids is 1. The third-order valence-electron chi connectivity index (χ3n) is 4.33. The number of anilines is 1. The number of sulfonamides is 1. The molecule has 3 N–H and O–H groups in total. The fraction of sp³-hybridized carbons (Fsp3) is 0.300. The van der Waals surface area contributed by atoms with Gasteiger partial charge in [0.25, 0.3) is 0 Å². The zero-order valence-corrected chi connectivity index (χ0v) is 18.2. The number of hydrogen-bond donors (Lipinski definition) is 3. The van der Waals surface area contributed by atoms with Crippen molar-refractivity contribution in [3.8, 4) is 0 Å². The number of imidazole rings is 1. The molecule has 10 heteroatoms. The Balaban J connectivity index is 1.69. The predicted molar refractivity (Wildman–Crippen MR) is 117 cm³/mol. The minimum absolute atomic E-state index is 0.161. The molecule has 0 saturated carbocycles. The van der Waals surface area contributed by atoms with Crippen molar-refractivity contribution in [1.29, 1.82) is 0 Å². The number of carbonyl (C=O) groups is 1. The van der Waals surface area contributed by atoms with Gasteiger partial charge in [-0.25, -0.2) is 22.5 Å². The van der Waals surface area contributed by atoms with Gasteiger partial charge in [0.2, 0.25) is 15.9 Å². The Morgan fingerprint density at radius 2 is 1.97 bits per heavy atom. The Morgan fingerprint density at radius 3 is 2.67 bits per heavy atom. The summed E-state index contributed by atoms with van der Waals surface area (Å²) >= 11 is 1.21. The number of hydrogen-bond acceptors (Lipinski definition) is 5. The van der Waals surface area contributed by atoms with Crippen LogP contribution in [0.3, 0.4) is 0 Å². The molecular formula is C20H23FN4O3S2. The zero-order chi connectivity index (χ0) is 21.7. The van der Waals surface area contributed by atoms with Crippen molar-refractivity contribution >= 4 is 44.4 Å². The van der Waals surface area contributed by atoms with Crippen molar-refractivity contribution in [2.75, 3.05) is 11.9 Å². The first-order valence-electron chi connectivity index (χ1n) is 9.51. The lowest BCUT2D eigenvalue weighted by Gasteiger charge is -2.10. The van der Waals surface area contributed by atoms with Crippen LogP contribution in [-0.4, -0.2) is 36.1 Å². The van der Waals surface area contributed by atoms with Gasteiger partial charge in [0.1, 0.15) is 5.82 Å². The lowest BCUT2D eigenvalue weighted by atomic mass is 10.3. The van der Waals surface area contributed by atoms with E-state index in [4.69, 9.17) is 0 Å². The summed E-state index contributed by atoms with van der Waals surface area (Å²) in [5.41, 5.74) is 1.68. The number of benzene rings is 2. The van der Waals surface area contributed by atoms with Gasteiger partial charge in [-0.15, -0.1) is 0 Å². The van der Waals surface area contributed by atoms with Crippen molar-refractivity contribution in [3.63, 3.8) is 0 Å². The predicted octanol–water partition coefficient (Wildman–Crippen LogP) is 3.90. The maximum atomic E-state index is 13.0. The minimum atomic E-state index is -3.58. The average molecular weight is 451 g/mol. The molecule has 1 heterocycles. The molecule has 0 spiro atoms. The molecule has 0 bridgehead atoms. The summed E-state index contributed by atoms with van der Waals surface area (Å²) in [6.45, 7) is 4.11. The highest BCUT2D eigenvalue weighted by molar-refractivity contribution is 8.00. The van der Waals surface area contributed by atoms with E-state index in [1.807, 2.05) is 6.92 Å². The van der Waals surface area contributed by atoms with E-state index in [0.29, 0.717) is 28.4 Å². The first-order chi connectivity index (χ1) is 14.3. The maximum Gasteiger partial charge on any atom is 0.240 e. The van der Waals surface area contributed by atoms with Crippen molar-refractivity contribution < 1.29 is 17.6 Å². The van der Waals surface area contributed by atoms with Gasteiger partial charge in [-0.1, -0.05) is 25.1 Å². The average Bonchev–Trinajstić information content (AvgIpc) is 3.11. The Labute approximate surface area is 178 Å². The monoisotopic (exact) mass is 450 g/mol. The molecule has 0 aliphatic heterocycles. The molecule has 160 valence electrons. The van der Waals surface area contributed by atoms with E-state index in [9.17, 15) is 17.6 Å². The molecule has 0 radical (unpaired) electrons. The third-order valence-corrected chi connectivity index (χ3v) is 6.78. The molecule has 0 saturated heterocycles. The summed E-state index contributed by atoms with van der Waals surface area (Å²) in [6.07, 6.45) is 1.67. The van der Waals surface area contributed by atoms with Gasteiger partial charge in [0.05, 0.1) is 21.2 Å². The second-order valence-corrected chi connectivity index (χ2v) is 9.82. The first-order valence-corrected chi connectivity index (χ1v) is 11.9. The molecule has 1 aromatic heterocycles. The van der Waals surface area contributed by atoms with Crippen LogP contribution in [-0.2, 0) is 14.8 Å². The number of aromatic nitrogens is 2. The number of H-pyrrole nitrogens is 1. The van der Waals surface area contributed by atoms with Crippen LogP contribution >= 0.6 is 11.8 Å². The van der Waals surface area contributed by atoms with Gasteiger partial charge in [0, 0.05) is 12.2 Å². The standard InChI is InChI=1S/C20H23FN4O3S2/c1-3-4-11-22-30(27,28)16-9-10-17-18(12-16)25-20(24-17)29-13(2)19(26)23-15-7-5-14(21)6-8-15/h5-10,12-13,22H,3-4,11H2,1-2H3,(H,23,26)(H,24,25)/t13-/m1/s1. The van der Waals surface area contributed by atoms with E-state index in [0.717, 1.165) is 12.8 Å².